The SMILES string of the molecule is [O]C(F)(F)C(Cl)Br. The van der Waals surface area contributed by atoms with Gasteiger partial charge in [-0.3, -0.25) is 0 Å². The van der Waals surface area contributed by atoms with Gasteiger partial charge in [-0.15, -0.1) is 11.6 Å². The van der Waals surface area contributed by atoms with Gasteiger partial charge in [0.05, 0.1) is 0 Å². The third-order valence-corrected chi connectivity index (χ3v) is 1.04. The van der Waals surface area contributed by atoms with Gasteiger partial charge in [-0.05, 0) is 0 Å². The molecular weight excluding hydrogens is 193 g/mol. The van der Waals surface area contributed by atoms with E-state index in [2.05, 4.69) is 27.5 Å². The first-order valence-electron chi connectivity index (χ1n) is 1.31. The van der Waals surface area contributed by atoms with Gasteiger partial charge in [-0.25, -0.2) is 0 Å². The lowest BCUT2D eigenvalue weighted by Crippen LogP contribution is -2.20. The highest BCUT2D eigenvalue weighted by Crippen LogP contribution is 2.24. The Kier molecular flexibility index (Phi) is 2.43. The summed E-state index contributed by atoms with van der Waals surface area (Å²) in [5, 5.41) is 9.29. The van der Waals surface area contributed by atoms with Crippen LogP contribution in [0.3, 0.4) is 0 Å². The van der Waals surface area contributed by atoms with Crippen LogP contribution in [0.4, 0.5) is 8.78 Å². The molecule has 0 fully saturated rings. The summed E-state index contributed by atoms with van der Waals surface area (Å²) >= 11 is 6.81. The molecule has 0 N–H and O–H groups in total. The van der Waals surface area contributed by atoms with Crippen molar-refractivity contribution < 1.29 is 13.9 Å². The summed E-state index contributed by atoms with van der Waals surface area (Å²) in [6.07, 6.45) is -4.07. The molecule has 0 rings (SSSR count). The predicted molar refractivity (Wildman–Crippen MR) is 24.2 cm³/mol. The van der Waals surface area contributed by atoms with E-state index in [1.54, 1.807) is 0 Å². The average molecular weight is 194 g/mol. The van der Waals surface area contributed by atoms with Crippen molar-refractivity contribution >= 4 is 27.5 Å². The summed E-state index contributed by atoms with van der Waals surface area (Å²) in [5.74, 6) is 0. The number of hydrogen-bond donors (Lipinski definition) is 0. The fourth-order valence-corrected chi connectivity index (χ4v) is 0. The Morgan fingerprint density at radius 1 is 1.71 bits per heavy atom. The van der Waals surface area contributed by atoms with Gasteiger partial charge in [0.25, 0.3) is 0 Å². The molecule has 0 saturated heterocycles. The number of rotatable bonds is 1. The van der Waals surface area contributed by atoms with Crippen molar-refractivity contribution in [2.75, 3.05) is 0 Å². The van der Waals surface area contributed by atoms with Gasteiger partial charge in [0.1, 0.15) is 0 Å². The normalized spacial score (nSPS) is 16.7. The molecule has 0 aliphatic heterocycles. The lowest BCUT2D eigenvalue weighted by atomic mass is 10.7. The highest BCUT2D eigenvalue weighted by molar-refractivity contribution is 9.10. The Bertz CT molecular complexity index is 61.2. The van der Waals surface area contributed by atoms with Gasteiger partial charge in [0, 0.05) is 0 Å². The van der Waals surface area contributed by atoms with E-state index in [4.69, 9.17) is 0 Å². The first-order chi connectivity index (χ1) is 2.94. The van der Waals surface area contributed by atoms with Crippen LogP contribution in [0.1, 0.15) is 0 Å². The molecule has 0 saturated carbocycles. The summed E-state index contributed by atoms with van der Waals surface area (Å²) in [4.78, 5) is 0. The third-order valence-electron chi connectivity index (χ3n) is 0.254. The Morgan fingerprint density at radius 2 is 1.86 bits per heavy atom. The van der Waals surface area contributed by atoms with Crippen molar-refractivity contribution in [2.45, 2.75) is 10.4 Å². The minimum atomic E-state index is -4.07. The largest absolute Gasteiger partial charge is 0.406 e. The van der Waals surface area contributed by atoms with Crippen molar-refractivity contribution in [1.82, 2.24) is 0 Å². The standard InChI is InChI=1S/C2HBrClF2O/c3-1(4)2(5,6)7/h1H. The Balaban J connectivity index is 3.54. The third kappa shape index (κ3) is 3.20. The molecule has 5 heteroatoms. The summed E-state index contributed by atoms with van der Waals surface area (Å²) < 4.78 is 20.4. The fourth-order valence-electron chi connectivity index (χ4n) is 0. The van der Waals surface area contributed by atoms with Gasteiger partial charge in [-0.1, -0.05) is 15.9 Å². The molecule has 43 valence electrons. The molecule has 1 unspecified atom stereocenters. The second-order valence-corrected chi connectivity index (χ2v) is 2.74. The zero-order valence-corrected chi connectivity index (χ0v) is 5.34. The van der Waals surface area contributed by atoms with Gasteiger partial charge < -0.3 is 0 Å². The zero-order valence-electron chi connectivity index (χ0n) is 3.00. The van der Waals surface area contributed by atoms with Gasteiger partial charge in [0.2, 0.25) is 0 Å². The van der Waals surface area contributed by atoms with E-state index in [9.17, 15) is 13.9 Å². The molecule has 0 amide bonds. The van der Waals surface area contributed by atoms with E-state index in [0.717, 1.165) is 0 Å². The summed E-state index contributed by atoms with van der Waals surface area (Å²) in [6, 6.07) is 0. The van der Waals surface area contributed by atoms with Crippen molar-refractivity contribution in [3.05, 3.63) is 0 Å². The van der Waals surface area contributed by atoms with Crippen LogP contribution < -0.4 is 0 Å². The van der Waals surface area contributed by atoms with E-state index < -0.39 is 10.4 Å². The number of halogens is 4. The number of hydrogen-bond acceptors (Lipinski definition) is 0. The first kappa shape index (κ1) is 7.59. The number of alkyl halides is 4. The molecule has 0 aliphatic rings. The van der Waals surface area contributed by atoms with E-state index >= 15 is 0 Å². The van der Waals surface area contributed by atoms with Crippen LogP contribution >= 0.6 is 27.5 Å². The van der Waals surface area contributed by atoms with Crippen LogP contribution in [-0.4, -0.2) is 10.4 Å². The molecule has 0 aliphatic carbocycles. The molecule has 0 bridgehead atoms. The van der Waals surface area contributed by atoms with E-state index in [1.807, 2.05) is 0 Å². The highest BCUT2D eigenvalue weighted by Gasteiger charge is 2.35. The topological polar surface area (TPSA) is 19.9 Å². The molecule has 1 nitrogen and oxygen atoms in total. The first-order valence-corrected chi connectivity index (χ1v) is 2.66. The maximum atomic E-state index is 11.1. The van der Waals surface area contributed by atoms with E-state index in [-0.39, 0.29) is 0 Å². The van der Waals surface area contributed by atoms with Crippen LogP contribution in [0.5, 0.6) is 0 Å². The molecule has 1 atom stereocenters. The molecule has 0 spiro atoms. The molecule has 0 aromatic rings. The lowest BCUT2D eigenvalue weighted by molar-refractivity contribution is -0.227. The Labute approximate surface area is 52.4 Å². The predicted octanol–water partition coefficient (Wildman–Crippen LogP) is 1.97. The second-order valence-electron chi connectivity index (χ2n) is 0.862. The second kappa shape index (κ2) is 2.24. The zero-order chi connectivity index (χ0) is 6.08. The minimum Gasteiger partial charge on any atom is -0.170 e. The fraction of sp³-hybridized carbons (Fsp3) is 1.00. The summed E-state index contributed by atoms with van der Waals surface area (Å²) in [6.45, 7) is 0. The monoisotopic (exact) mass is 193 g/mol. The van der Waals surface area contributed by atoms with Gasteiger partial charge in [0.15, 0.2) is 4.29 Å². The quantitative estimate of drug-likeness (QED) is 0.569. The highest BCUT2D eigenvalue weighted by atomic mass is 79.9. The van der Waals surface area contributed by atoms with Crippen molar-refractivity contribution in [2.24, 2.45) is 0 Å². The van der Waals surface area contributed by atoms with Crippen LogP contribution in [0.2, 0.25) is 0 Å². The molecule has 7 heavy (non-hydrogen) atoms. The van der Waals surface area contributed by atoms with Crippen molar-refractivity contribution in [3.63, 3.8) is 0 Å². The Hall–Kier alpha value is 0.590. The molecule has 0 aromatic carbocycles. The minimum absolute atomic E-state index is 1.81. The van der Waals surface area contributed by atoms with Gasteiger partial charge >= 0.3 is 6.11 Å². The summed E-state index contributed by atoms with van der Waals surface area (Å²) in [5.41, 5.74) is 0. The average Bonchev–Trinajstić information content (AvgIpc) is 1.31. The maximum absolute atomic E-state index is 11.1. The van der Waals surface area contributed by atoms with E-state index in [0.29, 0.717) is 0 Å². The molecule has 1 radical (unpaired) electrons. The van der Waals surface area contributed by atoms with Crippen LogP contribution in [-0.2, 0) is 5.11 Å². The molecule has 0 aromatic heterocycles. The lowest BCUT2D eigenvalue weighted by Gasteiger charge is -2.03. The Morgan fingerprint density at radius 3 is 1.86 bits per heavy atom. The van der Waals surface area contributed by atoms with Crippen LogP contribution in [0, 0.1) is 0 Å². The van der Waals surface area contributed by atoms with Crippen molar-refractivity contribution in [3.8, 4) is 0 Å². The van der Waals surface area contributed by atoms with Crippen molar-refractivity contribution in [1.29, 1.82) is 0 Å². The maximum Gasteiger partial charge on any atom is 0.406 e. The van der Waals surface area contributed by atoms with Crippen LogP contribution in [0.15, 0.2) is 0 Å². The van der Waals surface area contributed by atoms with Crippen LogP contribution in [0.25, 0.3) is 0 Å². The van der Waals surface area contributed by atoms with Gasteiger partial charge in [-0.2, -0.15) is 13.9 Å². The molecular formula is C2HBrClF2O. The summed E-state index contributed by atoms with van der Waals surface area (Å²) in [7, 11) is 0. The van der Waals surface area contributed by atoms with E-state index in [1.165, 1.54) is 0 Å². The molecule has 0 heterocycles. The smallest absolute Gasteiger partial charge is 0.170 e.